The third-order valence-corrected chi connectivity index (χ3v) is 5.75. The molecular weight excluding hydrogens is 419 g/mol. The van der Waals surface area contributed by atoms with Crippen LogP contribution >= 0.6 is 23.2 Å². The van der Waals surface area contributed by atoms with Crippen molar-refractivity contribution in [3.05, 3.63) is 88.4 Å². The van der Waals surface area contributed by atoms with Gasteiger partial charge in [-0.15, -0.1) is 0 Å². The van der Waals surface area contributed by atoms with Gasteiger partial charge in [-0.25, -0.2) is 0 Å². The van der Waals surface area contributed by atoms with Crippen molar-refractivity contribution in [3.63, 3.8) is 0 Å². The molecule has 0 unspecified atom stereocenters. The van der Waals surface area contributed by atoms with E-state index in [2.05, 4.69) is 30.4 Å². The van der Waals surface area contributed by atoms with E-state index in [9.17, 15) is 4.79 Å². The second kappa shape index (κ2) is 8.99. The Morgan fingerprint density at radius 1 is 1.07 bits per heavy atom. The number of hydrogen-bond donors (Lipinski definition) is 1. The van der Waals surface area contributed by atoms with Gasteiger partial charge in [-0.3, -0.25) is 4.79 Å². The first-order valence-corrected chi connectivity index (χ1v) is 10.6. The third kappa shape index (κ3) is 4.40. The van der Waals surface area contributed by atoms with Gasteiger partial charge in [0, 0.05) is 22.4 Å². The number of amides is 1. The molecule has 0 radical (unpaired) electrons. The van der Waals surface area contributed by atoms with Crippen LogP contribution < -0.4 is 15.0 Å². The molecule has 0 saturated carbocycles. The number of hydrogen-bond acceptors (Lipinski definition) is 3. The molecule has 0 aliphatic carbocycles. The number of anilines is 2. The number of fused-ring (bicyclic) bond motifs is 1. The highest BCUT2D eigenvalue weighted by Crippen LogP contribution is 2.39. The van der Waals surface area contributed by atoms with Gasteiger partial charge in [-0.05, 0) is 55.3 Å². The van der Waals surface area contributed by atoms with Crippen molar-refractivity contribution >= 4 is 40.5 Å². The van der Waals surface area contributed by atoms with Crippen LogP contribution in [0.15, 0.2) is 72.8 Å². The fourth-order valence-corrected chi connectivity index (χ4v) is 4.33. The van der Waals surface area contributed by atoms with Gasteiger partial charge in [0.25, 0.3) is 5.91 Å². The average Bonchev–Trinajstić information content (AvgIpc) is 2.74. The smallest absolute Gasteiger partial charge is 0.265 e. The van der Waals surface area contributed by atoms with Crippen LogP contribution in [0.5, 0.6) is 5.75 Å². The van der Waals surface area contributed by atoms with E-state index >= 15 is 0 Å². The fourth-order valence-electron chi connectivity index (χ4n) is 3.87. The zero-order valence-corrected chi connectivity index (χ0v) is 18.0. The fraction of sp³-hybridized carbons (Fsp3) is 0.208. The number of nitrogens with zero attached hydrogens (tertiary/aromatic N) is 1. The normalized spacial score (nSPS) is 17.9. The second-order valence-corrected chi connectivity index (χ2v) is 8.18. The van der Waals surface area contributed by atoms with Crippen LogP contribution in [0, 0.1) is 0 Å². The average molecular weight is 441 g/mol. The van der Waals surface area contributed by atoms with Gasteiger partial charge in [0.15, 0.2) is 6.61 Å². The van der Waals surface area contributed by atoms with Crippen molar-refractivity contribution in [2.75, 3.05) is 16.8 Å². The van der Waals surface area contributed by atoms with Crippen LogP contribution in [-0.4, -0.2) is 18.6 Å². The maximum atomic E-state index is 13.1. The molecule has 1 heterocycles. The minimum Gasteiger partial charge on any atom is -0.482 e. The Kier molecular flexibility index (Phi) is 6.16. The maximum Gasteiger partial charge on any atom is 0.265 e. The largest absolute Gasteiger partial charge is 0.482 e. The monoisotopic (exact) mass is 440 g/mol. The first-order valence-electron chi connectivity index (χ1n) is 9.83. The van der Waals surface area contributed by atoms with Crippen LogP contribution in [0.2, 0.25) is 10.0 Å². The summed E-state index contributed by atoms with van der Waals surface area (Å²) in [5.74, 6) is 0.329. The molecule has 154 valence electrons. The minimum absolute atomic E-state index is 0.0119. The molecule has 0 spiro atoms. The third-order valence-electron chi connectivity index (χ3n) is 5.22. The lowest BCUT2D eigenvalue weighted by Gasteiger charge is -2.40. The Morgan fingerprint density at radius 3 is 2.57 bits per heavy atom. The lowest BCUT2D eigenvalue weighted by molar-refractivity contribution is -0.121. The summed E-state index contributed by atoms with van der Waals surface area (Å²) in [5, 5.41) is 4.50. The summed E-state index contributed by atoms with van der Waals surface area (Å²) in [6, 6.07) is 23.2. The summed E-state index contributed by atoms with van der Waals surface area (Å²) in [7, 11) is 0. The molecule has 0 saturated heterocycles. The van der Waals surface area contributed by atoms with Crippen molar-refractivity contribution < 1.29 is 9.53 Å². The van der Waals surface area contributed by atoms with E-state index < -0.39 is 0 Å². The molecule has 2 atom stereocenters. The first-order chi connectivity index (χ1) is 14.5. The van der Waals surface area contributed by atoms with Gasteiger partial charge in [0.1, 0.15) is 5.75 Å². The number of halogens is 2. The van der Waals surface area contributed by atoms with Gasteiger partial charge < -0.3 is 15.0 Å². The Labute approximate surface area is 186 Å². The van der Waals surface area contributed by atoms with E-state index in [4.69, 9.17) is 27.9 Å². The number of rotatable bonds is 5. The van der Waals surface area contributed by atoms with E-state index in [0.717, 1.165) is 23.4 Å². The molecule has 0 bridgehead atoms. The molecule has 1 aliphatic heterocycles. The molecule has 30 heavy (non-hydrogen) atoms. The van der Waals surface area contributed by atoms with Crippen molar-refractivity contribution in [2.24, 2.45) is 0 Å². The zero-order chi connectivity index (χ0) is 21.1. The Morgan fingerprint density at radius 2 is 1.80 bits per heavy atom. The molecule has 3 aromatic carbocycles. The number of carbonyl (C=O) groups is 1. The minimum atomic E-state index is -0.112. The summed E-state index contributed by atoms with van der Waals surface area (Å²) >= 11 is 12.1. The highest BCUT2D eigenvalue weighted by molar-refractivity contribution is 6.35. The number of benzene rings is 3. The lowest BCUT2D eigenvalue weighted by atomic mass is 9.91. The molecule has 1 aliphatic rings. The van der Waals surface area contributed by atoms with Crippen molar-refractivity contribution in [2.45, 2.75) is 25.4 Å². The van der Waals surface area contributed by atoms with Crippen molar-refractivity contribution in [1.29, 1.82) is 0 Å². The van der Waals surface area contributed by atoms with E-state index in [-0.39, 0.29) is 24.6 Å². The number of nitrogens with one attached hydrogen (secondary N) is 1. The van der Waals surface area contributed by atoms with Crippen LogP contribution in [0.3, 0.4) is 0 Å². The molecule has 4 rings (SSSR count). The number of carbonyl (C=O) groups excluding carboxylic acids is 1. The van der Waals surface area contributed by atoms with Crippen molar-refractivity contribution in [1.82, 2.24) is 0 Å². The Bertz CT molecular complexity index is 1040. The summed E-state index contributed by atoms with van der Waals surface area (Å²) in [6.45, 7) is 1.96. The predicted octanol–water partition coefficient (Wildman–Crippen LogP) is 6.35. The van der Waals surface area contributed by atoms with E-state index in [1.54, 1.807) is 18.2 Å². The SMILES string of the molecule is C[C@H]1C[C@@H](Nc2ccccc2)c2ccccc2N1C(=O)COc1ccc(Cl)cc1Cl. The molecule has 3 aromatic rings. The van der Waals surface area contributed by atoms with E-state index in [1.807, 2.05) is 41.3 Å². The molecule has 6 heteroatoms. The number of ether oxygens (including phenoxy) is 1. The van der Waals surface area contributed by atoms with E-state index in [1.165, 1.54) is 0 Å². The zero-order valence-electron chi connectivity index (χ0n) is 16.5. The Balaban J connectivity index is 1.54. The summed E-state index contributed by atoms with van der Waals surface area (Å²) < 4.78 is 5.70. The van der Waals surface area contributed by atoms with Crippen LogP contribution in [-0.2, 0) is 4.79 Å². The van der Waals surface area contributed by atoms with Gasteiger partial charge >= 0.3 is 0 Å². The summed E-state index contributed by atoms with van der Waals surface area (Å²) in [5.41, 5.74) is 3.06. The van der Waals surface area contributed by atoms with Crippen LogP contribution in [0.25, 0.3) is 0 Å². The van der Waals surface area contributed by atoms with Gasteiger partial charge in [0.2, 0.25) is 0 Å². The Hall–Kier alpha value is -2.69. The summed E-state index contributed by atoms with van der Waals surface area (Å²) in [6.07, 6.45) is 0.791. The van der Waals surface area contributed by atoms with Crippen LogP contribution in [0.4, 0.5) is 11.4 Å². The maximum absolute atomic E-state index is 13.1. The van der Waals surface area contributed by atoms with Gasteiger partial charge in [0.05, 0.1) is 11.1 Å². The van der Waals surface area contributed by atoms with Crippen molar-refractivity contribution in [3.8, 4) is 5.75 Å². The number of para-hydroxylation sites is 2. The molecular formula is C24H22Cl2N2O2. The quantitative estimate of drug-likeness (QED) is 0.502. The van der Waals surface area contributed by atoms with Gasteiger partial charge in [-0.2, -0.15) is 0 Å². The highest BCUT2D eigenvalue weighted by atomic mass is 35.5. The lowest BCUT2D eigenvalue weighted by Crippen LogP contribution is -2.46. The van der Waals surface area contributed by atoms with E-state index in [0.29, 0.717) is 15.8 Å². The summed E-state index contributed by atoms with van der Waals surface area (Å²) in [4.78, 5) is 14.9. The topological polar surface area (TPSA) is 41.6 Å². The molecule has 1 amide bonds. The first kappa shape index (κ1) is 20.6. The second-order valence-electron chi connectivity index (χ2n) is 7.33. The molecule has 0 aromatic heterocycles. The molecule has 4 nitrogen and oxygen atoms in total. The highest BCUT2D eigenvalue weighted by Gasteiger charge is 2.33. The standard InChI is InChI=1S/C24H22Cl2N2O2/c1-16-13-21(27-18-7-3-2-4-8-18)19-9-5-6-10-22(19)28(16)24(29)15-30-23-12-11-17(25)14-20(23)26/h2-12,14,16,21,27H,13,15H2,1H3/t16-,21+/m0/s1. The predicted molar refractivity (Wildman–Crippen MR) is 123 cm³/mol. The molecule has 1 N–H and O–H groups in total. The molecule has 0 fully saturated rings. The van der Waals surface area contributed by atoms with Gasteiger partial charge in [-0.1, -0.05) is 59.6 Å². The van der Waals surface area contributed by atoms with Crippen LogP contribution in [0.1, 0.15) is 24.9 Å².